The summed E-state index contributed by atoms with van der Waals surface area (Å²) >= 11 is 3.45. The van der Waals surface area contributed by atoms with Gasteiger partial charge in [-0.25, -0.2) is 0 Å². The van der Waals surface area contributed by atoms with Crippen molar-refractivity contribution in [3.8, 4) is 5.75 Å². The van der Waals surface area contributed by atoms with Gasteiger partial charge < -0.3 is 10.1 Å². The Labute approximate surface area is 93.8 Å². The van der Waals surface area contributed by atoms with Gasteiger partial charge in [0.15, 0.2) is 0 Å². The number of rotatable bonds is 3. The Hall–Kier alpha value is -0.700. The Kier molecular flexibility index (Phi) is 3.81. The molecule has 0 aromatic heterocycles. The van der Waals surface area contributed by atoms with Crippen LogP contribution in [0, 0.1) is 6.92 Å². The Morgan fingerprint density at radius 2 is 2.00 bits per heavy atom. The van der Waals surface area contributed by atoms with Gasteiger partial charge in [-0.1, -0.05) is 15.9 Å². The summed E-state index contributed by atoms with van der Waals surface area (Å²) in [6.07, 6.45) is 0. The van der Waals surface area contributed by atoms with Crippen molar-refractivity contribution in [1.29, 1.82) is 0 Å². The molecule has 78 valence electrons. The molecule has 0 bridgehead atoms. The molecule has 3 heteroatoms. The van der Waals surface area contributed by atoms with Gasteiger partial charge in [0.05, 0.1) is 12.8 Å². The van der Waals surface area contributed by atoms with Gasteiger partial charge in [-0.3, -0.25) is 0 Å². The van der Waals surface area contributed by atoms with E-state index in [-0.39, 0.29) is 0 Å². The molecule has 0 amide bonds. The molecule has 0 aliphatic rings. The van der Waals surface area contributed by atoms with E-state index in [2.05, 4.69) is 48.1 Å². The van der Waals surface area contributed by atoms with Gasteiger partial charge in [0.25, 0.3) is 0 Å². The molecule has 0 radical (unpaired) electrons. The lowest BCUT2D eigenvalue weighted by Gasteiger charge is -2.16. The van der Waals surface area contributed by atoms with Crippen molar-refractivity contribution < 1.29 is 4.74 Å². The van der Waals surface area contributed by atoms with Crippen LogP contribution in [0.25, 0.3) is 0 Å². The van der Waals surface area contributed by atoms with E-state index in [0.29, 0.717) is 6.04 Å². The summed E-state index contributed by atoms with van der Waals surface area (Å²) < 4.78 is 6.36. The molecule has 1 aromatic rings. The minimum absolute atomic E-state index is 0.406. The van der Waals surface area contributed by atoms with E-state index in [0.717, 1.165) is 15.9 Å². The van der Waals surface area contributed by atoms with Crippen LogP contribution in [0.15, 0.2) is 16.6 Å². The maximum Gasteiger partial charge on any atom is 0.143 e. The number of aryl methyl sites for hydroxylation is 1. The molecule has 0 aliphatic heterocycles. The zero-order chi connectivity index (χ0) is 10.7. The van der Waals surface area contributed by atoms with Crippen molar-refractivity contribution in [2.45, 2.75) is 26.8 Å². The number of methoxy groups -OCH3 is 1. The first-order valence-corrected chi connectivity index (χ1v) is 5.44. The number of anilines is 1. The third-order valence-corrected chi connectivity index (χ3v) is 2.37. The van der Waals surface area contributed by atoms with Crippen molar-refractivity contribution in [2.75, 3.05) is 12.4 Å². The maximum absolute atomic E-state index is 5.32. The molecule has 0 fully saturated rings. The van der Waals surface area contributed by atoms with E-state index in [1.165, 1.54) is 5.56 Å². The van der Waals surface area contributed by atoms with E-state index in [1.54, 1.807) is 7.11 Å². The molecule has 14 heavy (non-hydrogen) atoms. The van der Waals surface area contributed by atoms with Crippen molar-refractivity contribution in [3.05, 3.63) is 22.2 Å². The molecule has 2 nitrogen and oxygen atoms in total. The highest BCUT2D eigenvalue weighted by Gasteiger charge is 2.08. The molecule has 1 N–H and O–H groups in total. The summed E-state index contributed by atoms with van der Waals surface area (Å²) in [7, 11) is 1.69. The normalized spacial score (nSPS) is 10.4. The standard InChI is InChI=1S/C11H16BrNO/c1-7(2)13-11-8(3)5-9(12)6-10(11)14-4/h5-7,13H,1-4H3. The van der Waals surface area contributed by atoms with Crippen LogP contribution in [0.5, 0.6) is 5.75 Å². The molecule has 0 saturated heterocycles. The smallest absolute Gasteiger partial charge is 0.143 e. The number of hydrogen-bond acceptors (Lipinski definition) is 2. The Balaban J connectivity index is 3.11. The summed E-state index contributed by atoms with van der Waals surface area (Å²) in [5.41, 5.74) is 2.26. The number of ether oxygens (including phenoxy) is 1. The Bertz CT molecular complexity index is 323. The van der Waals surface area contributed by atoms with Gasteiger partial charge in [0, 0.05) is 10.5 Å². The van der Waals surface area contributed by atoms with Crippen LogP contribution in [0.4, 0.5) is 5.69 Å². The van der Waals surface area contributed by atoms with E-state index in [4.69, 9.17) is 4.74 Å². The number of nitrogens with one attached hydrogen (secondary N) is 1. The average molecular weight is 258 g/mol. The topological polar surface area (TPSA) is 21.3 Å². The Morgan fingerprint density at radius 3 is 2.50 bits per heavy atom. The first-order chi connectivity index (χ1) is 6.54. The van der Waals surface area contributed by atoms with Gasteiger partial charge in [0.2, 0.25) is 0 Å². The van der Waals surface area contributed by atoms with Gasteiger partial charge in [-0.15, -0.1) is 0 Å². The minimum atomic E-state index is 0.406. The quantitative estimate of drug-likeness (QED) is 0.894. The molecule has 0 saturated carbocycles. The van der Waals surface area contributed by atoms with Crippen LogP contribution in [0.2, 0.25) is 0 Å². The molecule has 0 spiro atoms. The summed E-state index contributed by atoms with van der Waals surface area (Å²) in [4.78, 5) is 0. The fraction of sp³-hybridized carbons (Fsp3) is 0.455. The summed E-state index contributed by atoms with van der Waals surface area (Å²) in [5.74, 6) is 0.880. The molecule has 0 atom stereocenters. The van der Waals surface area contributed by atoms with Gasteiger partial charge >= 0.3 is 0 Å². The highest BCUT2D eigenvalue weighted by atomic mass is 79.9. The zero-order valence-corrected chi connectivity index (χ0v) is 10.6. The van der Waals surface area contributed by atoms with Crippen LogP contribution in [0.3, 0.4) is 0 Å². The molecule has 0 aliphatic carbocycles. The van der Waals surface area contributed by atoms with E-state index in [1.807, 2.05) is 6.07 Å². The molecule has 1 aromatic carbocycles. The highest BCUT2D eigenvalue weighted by Crippen LogP contribution is 2.32. The Morgan fingerprint density at radius 1 is 1.36 bits per heavy atom. The third-order valence-electron chi connectivity index (χ3n) is 1.92. The second-order valence-electron chi connectivity index (χ2n) is 3.60. The molecule has 0 unspecified atom stereocenters. The summed E-state index contributed by atoms with van der Waals surface area (Å²) in [6.45, 7) is 6.29. The molecular weight excluding hydrogens is 242 g/mol. The van der Waals surface area contributed by atoms with Crippen molar-refractivity contribution in [2.24, 2.45) is 0 Å². The van der Waals surface area contributed by atoms with Crippen molar-refractivity contribution >= 4 is 21.6 Å². The monoisotopic (exact) mass is 257 g/mol. The van der Waals surface area contributed by atoms with E-state index < -0.39 is 0 Å². The average Bonchev–Trinajstić information content (AvgIpc) is 2.08. The highest BCUT2D eigenvalue weighted by molar-refractivity contribution is 9.10. The first-order valence-electron chi connectivity index (χ1n) is 4.65. The molecular formula is C11H16BrNO. The van der Waals surface area contributed by atoms with Gasteiger partial charge in [-0.2, -0.15) is 0 Å². The lowest BCUT2D eigenvalue weighted by atomic mass is 10.1. The second kappa shape index (κ2) is 4.69. The lowest BCUT2D eigenvalue weighted by molar-refractivity contribution is 0.415. The van der Waals surface area contributed by atoms with Crippen molar-refractivity contribution in [3.63, 3.8) is 0 Å². The van der Waals surface area contributed by atoms with Crippen molar-refractivity contribution in [1.82, 2.24) is 0 Å². The third kappa shape index (κ3) is 2.64. The van der Waals surface area contributed by atoms with E-state index >= 15 is 0 Å². The van der Waals surface area contributed by atoms with Crippen LogP contribution >= 0.6 is 15.9 Å². The maximum atomic E-state index is 5.32. The minimum Gasteiger partial charge on any atom is -0.495 e. The van der Waals surface area contributed by atoms with Crippen LogP contribution in [0.1, 0.15) is 19.4 Å². The largest absolute Gasteiger partial charge is 0.495 e. The lowest BCUT2D eigenvalue weighted by Crippen LogP contribution is -2.11. The number of halogens is 1. The van der Waals surface area contributed by atoms with Crippen LogP contribution in [-0.4, -0.2) is 13.2 Å². The predicted molar refractivity (Wildman–Crippen MR) is 64.2 cm³/mol. The van der Waals surface area contributed by atoms with Crippen LogP contribution in [-0.2, 0) is 0 Å². The summed E-state index contributed by atoms with van der Waals surface area (Å²) in [6, 6.07) is 4.45. The fourth-order valence-electron chi connectivity index (χ4n) is 1.35. The fourth-order valence-corrected chi connectivity index (χ4v) is 1.90. The van der Waals surface area contributed by atoms with Crippen LogP contribution < -0.4 is 10.1 Å². The second-order valence-corrected chi connectivity index (χ2v) is 4.51. The number of benzene rings is 1. The van der Waals surface area contributed by atoms with Gasteiger partial charge in [0.1, 0.15) is 5.75 Å². The summed E-state index contributed by atoms with van der Waals surface area (Å²) in [5, 5.41) is 3.37. The molecule has 1 rings (SSSR count). The zero-order valence-electron chi connectivity index (χ0n) is 9.02. The SMILES string of the molecule is COc1cc(Br)cc(C)c1NC(C)C. The molecule has 0 heterocycles. The van der Waals surface area contributed by atoms with E-state index in [9.17, 15) is 0 Å². The predicted octanol–water partition coefficient (Wildman–Crippen LogP) is 3.59. The number of hydrogen-bond donors (Lipinski definition) is 1. The first kappa shape index (κ1) is 11.4. The van der Waals surface area contributed by atoms with Gasteiger partial charge in [-0.05, 0) is 38.5 Å².